The van der Waals surface area contributed by atoms with Crippen LogP contribution in [0.5, 0.6) is 0 Å². The van der Waals surface area contributed by atoms with Gasteiger partial charge in [0, 0.05) is 23.0 Å². The molecular weight excluding hydrogens is 330 g/mol. The van der Waals surface area contributed by atoms with Crippen LogP contribution >= 0.6 is 0 Å². The van der Waals surface area contributed by atoms with E-state index in [1.54, 1.807) is 13.0 Å². The van der Waals surface area contributed by atoms with Gasteiger partial charge >= 0.3 is 5.97 Å². The first kappa shape index (κ1) is 18.7. The molecule has 24 heavy (non-hydrogen) atoms. The van der Waals surface area contributed by atoms with Gasteiger partial charge in [-0.15, -0.1) is 0 Å². The van der Waals surface area contributed by atoms with Crippen LogP contribution in [0.2, 0.25) is 0 Å². The van der Waals surface area contributed by atoms with Crippen LogP contribution in [0.25, 0.3) is 0 Å². The maximum absolute atomic E-state index is 12.4. The summed E-state index contributed by atoms with van der Waals surface area (Å²) in [7, 11) is -3.00. The van der Waals surface area contributed by atoms with Gasteiger partial charge < -0.3 is 9.30 Å². The molecule has 1 aromatic heterocycles. The van der Waals surface area contributed by atoms with E-state index in [2.05, 4.69) is 0 Å². The number of Topliss-reactive ketones (excluding diaryl/α,β-unsaturated/α-hetero) is 1. The van der Waals surface area contributed by atoms with Crippen molar-refractivity contribution in [3.05, 3.63) is 23.0 Å². The zero-order valence-electron chi connectivity index (χ0n) is 14.7. The number of hydrogen-bond donors (Lipinski definition) is 0. The number of aromatic nitrogens is 1. The minimum Gasteiger partial charge on any atom is -0.457 e. The van der Waals surface area contributed by atoms with Crippen molar-refractivity contribution >= 4 is 21.6 Å². The van der Waals surface area contributed by atoms with E-state index in [0.717, 1.165) is 11.4 Å². The second kappa shape index (κ2) is 7.09. The zero-order chi connectivity index (χ0) is 18.1. The molecule has 6 nitrogen and oxygen atoms in total. The molecule has 2 rings (SSSR count). The van der Waals surface area contributed by atoms with Gasteiger partial charge in [-0.1, -0.05) is 13.8 Å². The number of carbonyl (C=O) groups is 2. The van der Waals surface area contributed by atoms with E-state index in [9.17, 15) is 18.0 Å². The number of ketones is 1. The number of sulfone groups is 1. The summed E-state index contributed by atoms with van der Waals surface area (Å²) in [6, 6.07) is 1.62. The van der Waals surface area contributed by atoms with Crippen molar-refractivity contribution in [2.24, 2.45) is 5.92 Å². The van der Waals surface area contributed by atoms with Gasteiger partial charge in [0.25, 0.3) is 0 Å². The molecule has 1 fully saturated rings. The summed E-state index contributed by atoms with van der Waals surface area (Å²) in [6.07, 6.45) is 1.23. The number of hydrogen-bond acceptors (Lipinski definition) is 5. The molecule has 0 radical (unpaired) electrons. The van der Waals surface area contributed by atoms with Crippen LogP contribution in [0.4, 0.5) is 0 Å². The average molecular weight is 355 g/mol. The van der Waals surface area contributed by atoms with Gasteiger partial charge in [-0.3, -0.25) is 9.59 Å². The Kier molecular flexibility index (Phi) is 5.52. The molecule has 0 spiro atoms. The van der Waals surface area contributed by atoms with Crippen molar-refractivity contribution in [1.82, 2.24) is 4.57 Å². The van der Waals surface area contributed by atoms with Gasteiger partial charge in [0.2, 0.25) is 5.78 Å². The average Bonchev–Trinajstić information content (AvgIpc) is 3.02. The molecule has 2 unspecified atom stereocenters. The molecule has 7 heteroatoms. The summed E-state index contributed by atoms with van der Waals surface area (Å²) in [5.41, 5.74) is 2.08. The van der Waals surface area contributed by atoms with Gasteiger partial charge in [-0.25, -0.2) is 8.42 Å². The Hall–Kier alpha value is -1.63. The van der Waals surface area contributed by atoms with Gasteiger partial charge in [0.1, 0.15) is 0 Å². The molecule has 1 saturated heterocycles. The second-order valence-corrected chi connectivity index (χ2v) is 8.78. The third-order valence-corrected chi connectivity index (χ3v) is 6.47. The zero-order valence-corrected chi connectivity index (χ0v) is 15.5. The number of carbonyl (C=O) groups excluding carboxylic acids is 2. The fourth-order valence-corrected chi connectivity index (χ4v) is 4.82. The summed E-state index contributed by atoms with van der Waals surface area (Å²) in [6.45, 7) is 7.04. The first-order chi connectivity index (χ1) is 11.2. The van der Waals surface area contributed by atoms with E-state index in [4.69, 9.17) is 4.74 Å². The van der Waals surface area contributed by atoms with Crippen molar-refractivity contribution in [3.8, 4) is 0 Å². The fourth-order valence-electron chi connectivity index (χ4n) is 3.12. The van der Waals surface area contributed by atoms with E-state index in [1.807, 2.05) is 25.3 Å². The van der Waals surface area contributed by atoms with Crippen LogP contribution in [0.3, 0.4) is 0 Å². The van der Waals surface area contributed by atoms with E-state index >= 15 is 0 Å². The molecule has 0 saturated carbocycles. The molecule has 0 aliphatic carbocycles. The Labute approximate surface area is 143 Å². The van der Waals surface area contributed by atoms with E-state index in [1.165, 1.54) is 0 Å². The summed E-state index contributed by atoms with van der Waals surface area (Å²) < 4.78 is 30.4. The minimum atomic E-state index is -3.00. The molecule has 1 aromatic rings. The smallest absolute Gasteiger partial charge is 0.309 e. The lowest BCUT2D eigenvalue weighted by Gasteiger charge is -2.16. The molecule has 134 valence electrons. The lowest BCUT2D eigenvalue weighted by atomic mass is 10.1. The molecule has 1 aliphatic rings. The topological polar surface area (TPSA) is 82.4 Å². The normalized spacial score (nSPS) is 20.8. The lowest BCUT2D eigenvalue weighted by molar-refractivity contribution is -0.146. The highest BCUT2D eigenvalue weighted by atomic mass is 32.2. The van der Waals surface area contributed by atoms with Gasteiger partial charge in [-0.2, -0.15) is 0 Å². The number of aryl methyl sites for hydroxylation is 1. The maximum atomic E-state index is 12.4. The van der Waals surface area contributed by atoms with Gasteiger partial charge in [-0.05, 0) is 32.8 Å². The maximum Gasteiger partial charge on any atom is 0.309 e. The molecule has 2 heterocycles. The summed E-state index contributed by atoms with van der Waals surface area (Å²) >= 11 is 0. The Balaban J connectivity index is 2.14. The Morgan fingerprint density at radius 3 is 2.58 bits per heavy atom. The molecule has 1 aliphatic heterocycles. The molecule has 0 aromatic carbocycles. The van der Waals surface area contributed by atoms with Crippen LogP contribution in [0.15, 0.2) is 6.07 Å². The van der Waals surface area contributed by atoms with E-state index in [0.29, 0.717) is 18.4 Å². The molecule has 0 N–H and O–H groups in total. The van der Waals surface area contributed by atoms with Crippen LogP contribution in [-0.2, 0) is 19.4 Å². The predicted octanol–water partition coefficient (Wildman–Crippen LogP) is 2.24. The summed E-state index contributed by atoms with van der Waals surface area (Å²) in [5, 5.41) is 0. The Morgan fingerprint density at radius 2 is 2.04 bits per heavy atom. The number of rotatable bonds is 6. The number of esters is 1. The standard InChI is InChI=1S/C17H25NO5S/c1-5-11(2)17(20)23-9-16(19)15-8-12(3)18(13(15)4)14-6-7-24(21,22)10-14/h8,11,14H,5-7,9-10H2,1-4H3. The molecule has 0 bridgehead atoms. The van der Waals surface area contributed by atoms with E-state index < -0.39 is 9.84 Å². The highest BCUT2D eigenvalue weighted by molar-refractivity contribution is 7.91. The highest BCUT2D eigenvalue weighted by Crippen LogP contribution is 2.29. The van der Waals surface area contributed by atoms with Crippen LogP contribution in [-0.4, -0.2) is 42.9 Å². The van der Waals surface area contributed by atoms with Crippen molar-refractivity contribution in [3.63, 3.8) is 0 Å². The predicted molar refractivity (Wildman–Crippen MR) is 91.0 cm³/mol. The van der Waals surface area contributed by atoms with E-state index in [-0.39, 0.29) is 41.8 Å². The first-order valence-electron chi connectivity index (χ1n) is 8.25. The number of nitrogens with zero attached hydrogens (tertiary/aromatic N) is 1. The summed E-state index contributed by atoms with van der Waals surface area (Å²) in [4.78, 5) is 24.1. The SMILES string of the molecule is CCC(C)C(=O)OCC(=O)c1cc(C)n(C2CCS(=O)(=O)C2)c1C. The largest absolute Gasteiger partial charge is 0.457 e. The van der Waals surface area contributed by atoms with Gasteiger partial charge in [0.15, 0.2) is 16.4 Å². The van der Waals surface area contributed by atoms with Crippen LogP contribution in [0, 0.1) is 19.8 Å². The third kappa shape index (κ3) is 3.88. The van der Waals surface area contributed by atoms with Crippen LogP contribution < -0.4 is 0 Å². The Morgan fingerprint density at radius 1 is 1.38 bits per heavy atom. The van der Waals surface area contributed by atoms with Crippen molar-refractivity contribution in [1.29, 1.82) is 0 Å². The molecule has 0 amide bonds. The number of ether oxygens (including phenoxy) is 1. The monoisotopic (exact) mass is 355 g/mol. The lowest BCUT2D eigenvalue weighted by Crippen LogP contribution is -2.20. The molecule has 2 atom stereocenters. The van der Waals surface area contributed by atoms with Crippen LogP contribution in [0.1, 0.15) is 54.5 Å². The molecular formula is C17H25NO5S. The Bertz CT molecular complexity index is 747. The second-order valence-electron chi connectivity index (χ2n) is 6.55. The van der Waals surface area contributed by atoms with Crippen molar-refractivity contribution in [2.75, 3.05) is 18.1 Å². The van der Waals surface area contributed by atoms with Crippen molar-refractivity contribution in [2.45, 2.75) is 46.6 Å². The highest BCUT2D eigenvalue weighted by Gasteiger charge is 2.31. The quantitative estimate of drug-likeness (QED) is 0.577. The first-order valence-corrected chi connectivity index (χ1v) is 10.1. The van der Waals surface area contributed by atoms with Gasteiger partial charge in [0.05, 0.1) is 17.4 Å². The summed E-state index contributed by atoms with van der Waals surface area (Å²) in [5.74, 6) is -0.563. The minimum absolute atomic E-state index is 0.111. The fraction of sp³-hybridized carbons (Fsp3) is 0.647. The third-order valence-electron chi connectivity index (χ3n) is 4.72. The van der Waals surface area contributed by atoms with Crippen molar-refractivity contribution < 1.29 is 22.7 Å².